The fourth-order valence-corrected chi connectivity index (χ4v) is 2.61. The Morgan fingerprint density at radius 1 is 1.17 bits per heavy atom. The molecule has 0 amide bonds. The van der Waals surface area contributed by atoms with Crippen LogP contribution in [0.2, 0.25) is 0 Å². The summed E-state index contributed by atoms with van der Waals surface area (Å²) in [7, 11) is 4.27. The summed E-state index contributed by atoms with van der Waals surface area (Å²) in [5.74, 6) is 0.465. The van der Waals surface area contributed by atoms with E-state index in [1.807, 2.05) is 0 Å². The highest BCUT2D eigenvalue weighted by Gasteiger charge is 2.40. The van der Waals surface area contributed by atoms with Gasteiger partial charge in [0.1, 0.15) is 23.2 Å². The first kappa shape index (κ1) is 20.4. The quantitative estimate of drug-likeness (QED) is 0.644. The van der Waals surface area contributed by atoms with Gasteiger partial charge in [0.15, 0.2) is 11.6 Å². The molecule has 29 heavy (non-hydrogen) atoms. The summed E-state index contributed by atoms with van der Waals surface area (Å²) >= 11 is 0. The Labute approximate surface area is 163 Å². The lowest BCUT2D eigenvalue weighted by Crippen LogP contribution is -2.26. The summed E-state index contributed by atoms with van der Waals surface area (Å²) in [5.41, 5.74) is 0.0829. The van der Waals surface area contributed by atoms with Crippen molar-refractivity contribution in [3.63, 3.8) is 0 Å². The minimum Gasteiger partial charge on any atom is -0.496 e. The molecule has 0 saturated carbocycles. The van der Waals surface area contributed by atoms with E-state index >= 15 is 0 Å². The molecule has 8 nitrogen and oxygen atoms in total. The van der Waals surface area contributed by atoms with E-state index in [9.17, 15) is 18.0 Å². The van der Waals surface area contributed by atoms with Gasteiger partial charge in [-0.05, 0) is 19.1 Å². The third-order valence-electron chi connectivity index (χ3n) is 4.32. The number of alkyl halides is 3. The number of pyridine rings is 2. The van der Waals surface area contributed by atoms with E-state index in [0.717, 1.165) is 11.6 Å². The Bertz CT molecular complexity index is 1070. The normalized spacial score (nSPS) is 12.7. The number of aryl methyl sites for hydroxylation is 1. The molecule has 3 rings (SSSR count). The van der Waals surface area contributed by atoms with Crippen LogP contribution in [0.25, 0.3) is 22.9 Å². The molecule has 0 saturated heterocycles. The first-order chi connectivity index (χ1) is 13.7. The number of hydrogen-bond acceptors (Lipinski definition) is 6. The summed E-state index contributed by atoms with van der Waals surface area (Å²) in [6.45, 7) is 0.970. The van der Waals surface area contributed by atoms with Crippen molar-refractivity contribution in [2.75, 3.05) is 14.2 Å². The van der Waals surface area contributed by atoms with Gasteiger partial charge in [-0.2, -0.15) is 13.2 Å². The highest BCUT2D eigenvalue weighted by molar-refractivity contribution is 5.65. The summed E-state index contributed by atoms with van der Waals surface area (Å²) in [6, 6.07) is 2.35. The van der Waals surface area contributed by atoms with Crippen molar-refractivity contribution in [2.24, 2.45) is 7.05 Å². The fraction of sp³-hybridized carbons (Fsp3) is 0.333. The minimum absolute atomic E-state index is 0.00495. The molecule has 3 aromatic heterocycles. The topological polar surface area (TPSA) is 84.1 Å². The lowest BCUT2D eigenvalue weighted by Gasteiger charge is -2.18. The van der Waals surface area contributed by atoms with Crippen molar-refractivity contribution in [3.05, 3.63) is 40.9 Å². The van der Waals surface area contributed by atoms with E-state index in [-0.39, 0.29) is 34.2 Å². The largest absolute Gasteiger partial charge is 0.496 e. The monoisotopic (exact) mass is 409 g/mol. The van der Waals surface area contributed by atoms with Crippen molar-refractivity contribution < 1.29 is 22.6 Å². The average molecular weight is 409 g/mol. The second-order valence-corrected chi connectivity index (χ2v) is 6.21. The standard InChI is InChI=1S/C18H18F3N5O3/c1-10(18(19,20)21)26-17(12-9-25(2)15(27)7-14(12)29-4)23-16(24-26)13-6-5-11(28-3)8-22-13/h5-10H,1-4H3. The highest BCUT2D eigenvalue weighted by atomic mass is 19.4. The molecular formula is C18H18F3N5O3. The lowest BCUT2D eigenvalue weighted by atomic mass is 10.2. The molecule has 0 spiro atoms. The average Bonchev–Trinajstić information content (AvgIpc) is 3.13. The third-order valence-corrected chi connectivity index (χ3v) is 4.32. The summed E-state index contributed by atoms with van der Waals surface area (Å²) in [4.78, 5) is 20.3. The molecule has 0 aliphatic rings. The molecule has 0 aliphatic carbocycles. The van der Waals surface area contributed by atoms with Crippen molar-refractivity contribution in [2.45, 2.75) is 19.1 Å². The Morgan fingerprint density at radius 3 is 2.45 bits per heavy atom. The zero-order valence-corrected chi connectivity index (χ0v) is 16.1. The molecule has 1 unspecified atom stereocenters. The zero-order chi connectivity index (χ0) is 21.3. The molecular weight excluding hydrogens is 391 g/mol. The molecule has 0 radical (unpaired) electrons. The second kappa shape index (κ2) is 7.57. The van der Waals surface area contributed by atoms with E-state index in [1.165, 1.54) is 44.3 Å². The van der Waals surface area contributed by atoms with Crippen molar-refractivity contribution in [1.82, 2.24) is 24.3 Å². The number of aromatic nitrogens is 5. The fourth-order valence-electron chi connectivity index (χ4n) is 2.61. The Balaban J connectivity index is 2.23. The maximum Gasteiger partial charge on any atom is 0.410 e. The molecule has 3 heterocycles. The predicted octanol–water partition coefficient (Wildman–Crippen LogP) is 2.85. The minimum atomic E-state index is -4.57. The number of methoxy groups -OCH3 is 2. The van der Waals surface area contributed by atoms with Crippen LogP contribution in [0, 0.1) is 0 Å². The predicted molar refractivity (Wildman–Crippen MR) is 97.8 cm³/mol. The Kier molecular flexibility index (Phi) is 5.31. The van der Waals surface area contributed by atoms with Gasteiger partial charge in [-0.1, -0.05) is 0 Å². The van der Waals surface area contributed by atoms with Crippen LogP contribution in [0.15, 0.2) is 35.4 Å². The van der Waals surface area contributed by atoms with Crippen LogP contribution in [-0.2, 0) is 7.05 Å². The molecule has 11 heteroatoms. The van der Waals surface area contributed by atoms with E-state index in [2.05, 4.69) is 15.1 Å². The van der Waals surface area contributed by atoms with Gasteiger partial charge in [0.2, 0.25) is 0 Å². The molecule has 0 N–H and O–H groups in total. The maximum atomic E-state index is 13.5. The van der Waals surface area contributed by atoms with Crippen LogP contribution >= 0.6 is 0 Å². The van der Waals surface area contributed by atoms with Crippen LogP contribution < -0.4 is 15.0 Å². The van der Waals surface area contributed by atoms with Crippen LogP contribution in [0.1, 0.15) is 13.0 Å². The van der Waals surface area contributed by atoms with Crippen molar-refractivity contribution >= 4 is 0 Å². The number of hydrogen-bond donors (Lipinski definition) is 0. The SMILES string of the molecule is COc1ccc(-c2nc(-c3cn(C)c(=O)cc3OC)n(C(C)C(F)(F)F)n2)nc1. The van der Waals surface area contributed by atoms with E-state index in [1.54, 1.807) is 12.1 Å². The van der Waals surface area contributed by atoms with Gasteiger partial charge < -0.3 is 14.0 Å². The van der Waals surface area contributed by atoms with Gasteiger partial charge in [-0.25, -0.2) is 14.6 Å². The highest BCUT2D eigenvalue weighted by Crippen LogP contribution is 2.36. The molecule has 0 fully saturated rings. The molecule has 0 bridgehead atoms. The first-order valence-corrected chi connectivity index (χ1v) is 8.44. The van der Waals surface area contributed by atoms with Gasteiger partial charge in [0, 0.05) is 19.3 Å². The van der Waals surface area contributed by atoms with E-state index in [4.69, 9.17) is 9.47 Å². The van der Waals surface area contributed by atoms with Crippen molar-refractivity contribution in [3.8, 4) is 34.4 Å². The van der Waals surface area contributed by atoms with Crippen LogP contribution in [0.4, 0.5) is 13.2 Å². The lowest BCUT2D eigenvalue weighted by molar-refractivity contribution is -0.165. The van der Waals surface area contributed by atoms with Crippen LogP contribution in [-0.4, -0.2) is 44.7 Å². The van der Waals surface area contributed by atoms with Crippen molar-refractivity contribution in [1.29, 1.82) is 0 Å². The molecule has 3 aromatic rings. The van der Waals surface area contributed by atoms with Gasteiger partial charge in [-0.15, -0.1) is 5.10 Å². The van der Waals surface area contributed by atoms with Gasteiger partial charge in [0.25, 0.3) is 5.56 Å². The number of rotatable bonds is 5. The van der Waals surface area contributed by atoms with Gasteiger partial charge >= 0.3 is 6.18 Å². The van der Waals surface area contributed by atoms with E-state index in [0.29, 0.717) is 5.75 Å². The third kappa shape index (κ3) is 3.93. The van der Waals surface area contributed by atoms with Gasteiger partial charge in [0.05, 0.1) is 26.0 Å². The summed E-state index contributed by atoms with van der Waals surface area (Å²) in [5, 5.41) is 4.05. The zero-order valence-electron chi connectivity index (χ0n) is 16.1. The molecule has 1 atom stereocenters. The maximum absolute atomic E-state index is 13.5. The van der Waals surface area contributed by atoms with Crippen LogP contribution in [0.5, 0.6) is 11.5 Å². The second-order valence-electron chi connectivity index (χ2n) is 6.21. The van der Waals surface area contributed by atoms with E-state index < -0.39 is 12.2 Å². The summed E-state index contributed by atoms with van der Waals surface area (Å²) < 4.78 is 52.6. The molecule has 154 valence electrons. The van der Waals surface area contributed by atoms with Crippen LogP contribution in [0.3, 0.4) is 0 Å². The van der Waals surface area contributed by atoms with Gasteiger partial charge in [-0.3, -0.25) is 4.79 Å². The number of nitrogens with zero attached hydrogens (tertiary/aromatic N) is 5. The number of halogens is 3. The molecule has 0 aromatic carbocycles. The Hall–Kier alpha value is -3.37. The molecule has 0 aliphatic heterocycles. The smallest absolute Gasteiger partial charge is 0.410 e. The Morgan fingerprint density at radius 2 is 1.90 bits per heavy atom. The first-order valence-electron chi connectivity index (χ1n) is 8.44. The summed E-state index contributed by atoms with van der Waals surface area (Å²) in [6.07, 6.45) is -1.80. The number of ether oxygens (including phenoxy) is 2.